The lowest BCUT2D eigenvalue weighted by Gasteiger charge is -2.05. The van der Waals surface area contributed by atoms with Crippen LogP contribution in [0.5, 0.6) is 0 Å². The van der Waals surface area contributed by atoms with Gasteiger partial charge in [0.2, 0.25) is 0 Å². The number of benzene rings is 1. The van der Waals surface area contributed by atoms with Crippen molar-refractivity contribution in [2.24, 2.45) is 5.73 Å². The third-order valence-corrected chi connectivity index (χ3v) is 2.18. The SMILES string of the molecule is NCc1cc(Cl)ccc1CCCl. The molecule has 0 amide bonds. The van der Waals surface area contributed by atoms with Crippen molar-refractivity contribution in [2.75, 3.05) is 5.88 Å². The van der Waals surface area contributed by atoms with Crippen molar-refractivity contribution in [3.05, 3.63) is 34.3 Å². The monoisotopic (exact) mass is 203 g/mol. The molecular formula is C9H11Cl2N. The van der Waals surface area contributed by atoms with Crippen LogP contribution in [0.25, 0.3) is 0 Å². The Kier molecular flexibility index (Phi) is 3.86. The predicted molar refractivity (Wildman–Crippen MR) is 53.8 cm³/mol. The molecule has 1 nitrogen and oxygen atoms in total. The van der Waals surface area contributed by atoms with E-state index in [1.807, 2.05) is 18.2 Å². The minimum atomic E-state index is 0.521. The number of halogens is 2. The Balaban J connectivity index is 2.94. The lowest BCUT2D eigenvalue weighted by Crippen LogP contribution is -2.01. The number of aryl methyl sites for hydroxylation is 1. The number of nitrogens with two attached hydrogens (primary N) is 1. The zero-order valence-corrected chi connectivity index (χ0v) is 8.20. The van der Waals surface area contributed by atoms with Crippen LogP contribution in [0.1, 0.15) is 11.1 Å². The Morgan fingerprint density at radius 3 is 2.58 bits per heavy atom. The Hall–Kier alpha value is -0.240. The van der Waals surface area contributed by atoms with Gasteiger partial charge >= 0.3 is 0 Å². The Bertz CT molecular complexity index is 261. The van der Waals surface area contributed by atoms with Crippen LogP contribution in [-0.2, 0) is 13.0 Å². The van der Waals surface area contributed by atoms with Crippen LogP contribution in [0, 0.1) is 0 Å². The summed E-state index contributed by atoms with van der Waals surface area (Å²) in [5.74, 6) is 0.620. The van der Waals surface area contributed by atoms with Gasteiger partial charge in [-0.2, -0.15) is 0 Å². The van der Waals surface area contributed by atoms with E-state index in [0.29, 0.717) is 12.4 Å². The van der Waals surface area contributed by atoms with E-state index in [4.69, 9.17) is 28.9 Å². The van der Waals surface area contributed by atoms with Crippen molar-refractivity contribution in [3.63, 3.8) is 0 Å². The maximum atomic E-state index is 5.81. The van der Waals surface area contributed by atoms with Gasteiger partial charge in [-0.25, -0.2) is 0 Å². The lowest BCUT2D eigenvalue weighted by atomic mass is 10.1. The number of rotatable bonds is 3. The van der Waals surface area contributed by atoms with Crippen LogP contribution in [0.3, 0.4) is 0 Å². The molecule has 0 heterocycles. The molecule has 0 fully saturated rings. The minimum Gasteiger partial charge on any atom is -0.326 e. The maximum Gasteiger partial charge on any atom is 0.0409 e. The smallest absolute Gasteiger partial charge is 0.0409 e. The molecule has 0 saturated heterocycles. The number of hydrogen-bond acceptors (Lipinski definition) is 1. The summed E-state index contributed by atoms with van der Waals surface area (Å²) in [5.41, 5.74) is 7.83. The van der Waals surface area contributed by atoms with Crippen molar-refractivity contribution in [1.82, 2.24) is 0 Å². The van der Waals surface area contributed by atoms with Crippen LogP contribution >= 0.6 is 23.2 Å². The summed E-state index contributed by atoms with van der Waals surface area (Å²) in [7, 11) is 0. The second-order valence-electron chi connectivity index (χ2n) is 2.56. The van der Waals surface area contributed by atoms with Crippen LogP contribution in [-0.4, -0.2) is 5.88 Å². The Morgan fingerprint density at radius 2 is 2.00 bits per heavy atom. The zero-order chi connectivity index (χ0) is 8.97. The fraction of sp³-hybridized carbons (Fsp3) is 0.333. The largest absolute Gasteiger partial charge is 0.326 e. The quantitative estimate of drug-likeness (QED) is 0.752. The highest BCUT2D eigenvalue weighted by molar-refractivity contribution is 6.30. The molecule has 66 valence electrons. The molecule has 0 spiro atoms. The van der Waals surface area contributed by atoms with Gasteiger partial charge in [0.15, 0.2) is 0 Å². The highest BCUT2D eigenvalue weighted by Gasteiger charge is 2.00. The molecule has 0 aromatic heterocycles. The normalized spacial score (nSPS) is 10.2. The number of alkyl halides is 1. The van der Waals surface area contributed by atoms with Crippen molar-refractivity contribution < 1.29 is 0 Å². The molecule has 1 aromatic carbocycles. The lowest BCUT2D eigenvalue weighted by molar-refractivity contribution is 1.01. The van der Waals surface area contributed by atoms with Gasteiger partial charge < -0.3 is 5.73 Å². The molecule has 3 heteroatoms. The van der Waals surface area contributed by atoms with Gasteiger partial charge in [0, 0.05) is 17.4 Å². The molecule has 0 aliphatic carbocycles. The summed E-state index contributed by atoms with van der Waals surface area (Å²) in [6.45, 7) is 0.521. The first-order chi connectivity index (χ1) is 5.77. The first-order valence-corrected chi connectivity index (χ1v) is 4.72. The van der Waals surface area contributed by atoms with E-state index < -0.39 is 0 Å². The average Bonchev–Trinajstić information content (AvgIpc) is 2.08. The van der Waals surface area contributed by atoms with Gasteiger partial charge in [-0.05, 0) is 29.7 Å². The maximum absolute atomic E-state index is 5.81. The van der Waals surface area contributed by atoms with Gasteiger partial charge in [-0.1, -0.05) is 17.7 Å². The molecule has 1 rings (SSSR count). The summed E-state index contributed by atoms with van der Waals surface area (Å²) >= 11 is 11.4. The second kappa shape index (κ2) is 4.70. The van der Waals surface area contributed by atoms with Gasteiger partial charge in [0.05, 0.1) is 0 Å². The fourth-order valence-corrected chi connectivity index (χ4v) is 1.53. The zero-order valence-electron chi connectivity index (χ0n) is 6.69. The molecule has 0 aliphatic heterocycles. The Labute approximate surface area is 82.5 Å². The molecule has 0 radical (unpaired) electrons. The molecular weight excluding hydrogens is 193 g/mol. The van der Waals surface area contributed by atoms with Gasteiger partial charge in [-0.3, -0.25) is 0 Å². The van der Waals surface area contributed by atoms with Gasteiger partial charge in [0.1, 0.15) is 0 Å². The van der Waals surface area contributed by atoms with Crippen LogP contribution < -0.4 is 5.73 Å². The first-order valence-electron chi connectivity index (χ1n) is 3.81. The van der Waals surface area contributed by atoms with Gasteiger partial charge in [0.25, 0.3) is 0 Å². The summed E-state index contributed by atoms with van der Waals surface area (Å²) in [5, 5.41) is 0.730. The van der Waals surface area contributed by atoms with Crippen molar-refractivity contribution >= 4 is 23.2 Å². The summed E-state index contributed by atoms with van der Waals surface area (Å²) in [4.78, 5) is 0. The van der Waals surface area contributed by atoms with E-state index in [0.717, 1.165) is 17.0 Å². The van der Waals surface area contributed by atoms with E-state index in [1.54, 1.807) is 0 Å². The number of hydrogen-bond donors (Lipinski definition) is 1. The summed E-state index contributed by atoms with van der Waals surface area (Å²) < 4.78 is 0. The van der Waals surface area contributed by atoms with Crippen LogP contribution in [0.2, 0.25) is 5.02 Å². The van der Waals surface area contributed by atoms with Crippen LogP contribution in [0.15, 0.2) is 18.2 Å². The van der Waals surface area contributed by atoms with E-state index in [1.165, 1.54) is 5.56 Å². The first kappa shape index (κ1) is 9.85. The minimum absolute atomic E-state index is 0.521. The molecule has 1 aromatic rings. The second-order valence-corrected chi connectivity index (χ2v) is 3.37. The predicted octanol–water partition coefficient (Wildman–Crippen LogP) is 2.58. The van der Waals surface area contributed by atoms with Crippen molar-refractivity contribution in [3.8, 4) is 0 Å². The molecule has 0 unspecified atom stereocenters. The highest BCUT2D eigenvalue weighted by atomic mass is 35.5. The standard InChI is InChI=1S/C9H11Cl2N/c10-4-3-7-1-2-9(11)5-8(7)6-12/h1-2,5H,3-4,6,12H2. The van der Waals surface area contributed by atoms with Gasteiger partial charge in [-0.15, -0.1) is 11.6 Å². The molecule has 0 bridgehead atoms. The molecule has 0 aliphatic rings. The summed E-state index contributed by atoms with van der Waals surface area (Å²) in [6, 6.07) is 5.74. The molecule has 2 N–H and O–H groups in total. The third-order valence-electron chi connectivity index (χ3n) is 1.75. The third kappa shape index (κ3) is 2.37. The van der Waals surface area contributed by atoms with E-state index in [-0.39, 0.29) is 0 Å². The average molecular weight is 204 g/mol. The fourth-order valence-electron chi connectivity index (χ4n) is 1.13. The molecule has 0 saturated carbocycles. The highest BCUT2D eigenvalue weighted by Crippen LogP contribution is 2.16. The van der Waals surface area contributed by atoms with Crippen molar-refractivity contribution in [2.45, 2.75) is 13.0 Å². The Morgan fingerprint density at radius 1 is 1.25 bits per heavy atom. The van der Waals surface area contributed by atoms with E-state index >= 15 is 0 Å². The van der Waals surface area contributed by atoms with Crippen LogP contribution in [0.4, 0.5) is 0 Å². The molecule has 12 heavy (non-hydrogen) atoms. The summed E-state index contributed by atoms with van der Waals surface area (Å²) in [6.07, 6.45) is 0.852. The molecule has 0 atom stereocenters. The van der Waals surface area contributed by atoms with Crippen molar-refractivity contribution in [1.29, 1.82) is 0 Å². The van der Waals surface area contributed by atoms with E-state index in [2.05, 4.69) is 0 Å². The van der Waals surface area contributed by atoms with E-state index in [9.17, 15) is 0 Å². The topological polar surface area (TPSA) is 26.0 Å².